The number of hydrogen-bond donors (Lipinski definition) is 3. The maximum absolute atomic E-state index is 10.5. The number of hydrogen-bond acceptors (Lipinski definition) is 4. The van der Waals surface area contributed by atoms with Gasteiger partial charge in [-0.2, -0.15) is 0 Å². The zero-order valence-electron chi connectivity index (χ0n) is 9.99. The fraction of sp³-hybridized carbons (Fsp3) is 1.00. The summed E-state index contributed by atoms with van der Waals surface area (Å²) in [6, 6.07) is 0.511. The first kappa shape index (κ1) is 15.1. The standard InChI is InChI=1S/C10H22NO5P/c12-8-7-11(10-4-1-2-5-10)6-3-9-16-17(13,14)15/h10,12H,1-9H2,(H2,13,14,15). The molecule has 0 amide bonds. The van der Waals surface area contributed by atoms with Gasteiger partial charge in [-0.3, -0.25) is 9.42 Å². The van der Waals surface area contributed by atoms with Crippen molar-refractivity contribution in [2.24, 2.45) is 0 Å². The zero-order chi connectivity index (χ0) is 12.7. The van der Waals surface area contributed by atoms with E-state index < -0.39 is 7.82 Å². The number of rotatable bonds is 8. The average molecular weight is 267 g/mol. The first-order valence-corrected chi connectivity index (χ1v) is 7.61. The number of aliphatic hydroxyl groups excluding tert-OH is 1. The Kier molecular flexibility index (Phi) is 6.62. The second-order valence-corrected chi connectivity index (χ2v) is 5.61. The van der Waals surface area contributed by atoms with Crippen molar-refractivity contribution in [1.82, 2.24) is 4.90 Å². The van der Waals surface area contributed by atoms with E-state index in [1.54, 1.807) is 0 Å². The van der Waals surface area contributed by atoms with Crippen molar-refractivity contribution < 1.29 is 24.0 Å². The van der Waals surface area contributed by atoms with Crippen LogP contribution in [0.15, 0.2) is 0 Å². The van der Waals surface area contributed by atoms with E-state index in [0.29, 0.717) is 25.6 Å². The van der Waals surface area contributed by atoms with Gasteiger partial charge in [0, 0.05) is 19.1 Å². The fourth-order valence-electron chi connectivity index (χ4n) is 2.33. The van der Waals surface area contributed by atoms with Crippen LogP contribution < -0.4 is 0 Å². The third-order valence-corrected chi connectivity index (χ3v) is 3.60. The van der Waals surface area contributed by atoms with Gasteiger partial charge in [0.05, 0.1) is 13.2 Å². The highest BCUT2D eigenvalue weighted by Gasteiger charge is 2.22. The Balaban J connectivity index is 2.22. The molecule has 0 atom stereocenters. The van der Waals surface area contributed by atoms with Crippen LogP contribution in [-0.4, -0.2) is 52.1 Å². The molecule has 0 aromatic carbocycles. The summed E-state index contributed by atoms with van der Waals surface area (Å²) in [6.45, 7) is 1.51. The highest BCUT2D eigenvalue weighted by molar-refractivity contribution is 7.46. The van der Waals surface area contributed by atoms with Crippen LogP contribution >= 0.6 is 7.82 Å². The monoisotopic (exact) mass is 267 g/mol. The van der Waals surface area contributed by atoms with E-state index in [9.17, 15) is 4.57 Å². The quantitative estimate of drug-likeness (QED) is 0.443. The molecule has 6 nitrogen and oxygen atoms in total. The zero-order valence-corrected chi connectivity index (χ0v) is 10.9. The summed E-state index contributed by atoms with van der Waals surface area (Å²) in [7, 11) is -4.33. The minimum atomic E-state index is -4.33. The lowest BCUT2D eigenvalue weighted by molar-refractivity contribution is 0.134. The van der Waals surface area contributed by atoms with Crippen LogP contribution in [0.25, 0.3) is 0 Å². The van der Waals surface area contributed by atoms with Gasteiger partial charge in [0.1, 0.15) is 0 Å². The molecular weight excluding hydrogens is 245 g/mol. The molecule has 1 saturated carbocycles. The molecule has 0 saturated heterocycles. The Morgan fingerprint density at radius 2 is 1.88 bits per heavy atom. The molecule has 0 aromatic heterocycles. The number of nitrogens with zero attached hydrogens (tertiary/aromatic N) is 1. The molecule has 3 N–H and O–H groups in total. The van der Waals surface area contributed by atoms with E-state index in [1.165, 1.54) is 12.8 Å². The molecule has 17 heavy (non-hydrogen) atoms. The normalized spacial score (nSPS) is 18.1. The second-order valence-electron chi connectivity index (χ2n) is 4.38. The molecule has 0 radical (unpaired) electrons. The van der Waals surface area contributed by atoms with Crippen LogP contribution in [0, 0.1) is 0 Å². The molecule has 0 spiro atoms. The molecule has 0 bridgehead atoms. The van der Waals surface area contributed by atoms with Gasteiger partial charge in [-0.15, -0.1) is 0 Å². The molecule has 1 rings (SSSR count). The topological polar surface area (TPSA) is 90.2 Å². The second kappa shape index (κ2) is 7.46. The van der Waals surface area contributed by atoms with E-state index in [4.69, 9.17) is 14.9 Å². The van der Waals surface area contributed by atoms with Crippen LogP contribution in [0.5, 0.6) is 0 Å². The van der Waals surface area contributed by atoms with Gasteiger partial charge < -0.3 is 14.9 Å². The van der Waals surface area contributed by atoms with E-state index in [1.807, 2.05) is 0 Å². The number of aliphatic hydroxyl groups is 1. The predicted molar refractivity (Wildman–Crippen MR) is 63.5 cm³/mol. The van der Waals surface area contributed by atoms with Crippen molar-refractivity contribution in [3.05, 3.63) is 0 Å². The lowest BCUT2D eigenvalue weighted by atomic mass is 10.2. The summed E-state index contributed by atoms with van der Waals surface area (Å²) in [5, 5.41) is 8.99. The van der Waals surface area contributed by atoms with Gasteiger partial charge in [-0.05, 0) is 19.3 Å². The first-order chi connectivity index (χ1) is 8.03. The molecule has 0 heterocycles. The van der Waals surface area contributed by atoms with Crippen molar-refractivity contribution in [2.75, 3.05) is 26.3 Å². The summed E-state index contributed by atoms with van der Waals surface area (Å²) in [5.74, 6) is 0. The highest BCUT2D eigenvalue weighted by atomic mass is 31.2. The predicted octanol–water partition coefficient (Wildman–Crippen LogP) is 0.723. The molecule has 7 heteroatoms. The van der Waals surface area contributed by atoms with Crippen molar-refractivity contribution in [3.8, 4) is 0 Å². The third-order valence-electron chi connectivity index (χ3n) is 3.08. The van der Waals surface area contributed by atoms with Gasteiger partial charge >= 0.3 is 7.82 Å². The Labute approximate surface area is 102 Å². The maximum Gasteiger partial charge on any atom is 0.469 e. The van der Waals surface area contributed by atoms with Crippen LogP contribution in [0.3, 0.4) is 0 Å². The largest absolute Gasteiger partial charge is 0.469 e. The van der Waals surface area contributed by atoms with Crippen LogP contribution in [0.2, 0.25) is 0 Å². The fourth-order valence-corrected chi connectivity index (χ4v) is 2.69. The molecular formula is C10H22NO5P. The Bertz CT molecular complexity index is 251. The van der Waals surface area contributed by atoms with E-state index in [2.05, 4.69) is 9.42 Å². The van der Waals surface area contributed by atoms with Gasteiger partial charge in [0.15, 0.2) is 0 Å². The van der Waals surface area contributed by atoms with Crippen LogP contribution in [0.4, 0.5) is 0 Å². The Morgan fingerprint density at radius 3 is 2.41 bits per heavy atom. The van der Waals surface area contributed by atoms with E-state index in [0.717, 1.165) is 12.8 Å². The highest BCUT2D eigenvalue weighted by Crippen LogP contribution is 2.35. The third kappa shape index (κ3) is 6.50. The van der Waals surface area contributed by atoms with Crippen LogP contribution in [-0.2, 0) is 9.09 Å². The smallest absolute Gasteiger partial charge is 0.395 e. The molecule has 102 valence electrons. The molecule has 1 fully saturated rings. The molecule has 0 unspecified atom stereocenters. The van der Waals surface area contributed by atoms with E-state index in [-0.39, 0.29) is 13.2 Å². The van der Waals surface area contributed by atoms with Crippen molar-refractivity contribution in [3.63, 3.8) is 0 Å². The first-order valence-electron chi connectivity index (χ1n) is 6.08. The summed E-state index contributed by atoms with van der Waals surface area (Å²) in [6.07, 6.45) is 5.33. The summed E-state index contributed by atoms with van der Waals surface area (Å²) >= 11 is 0. The van der Waals surface area contributed by atoms with Crippen molar-refractivity contribution >= 4 is 7.82 Å². The summed E-state index contributed by atoms with van der Waals surface area (Å²) in [5.41, 5.74) is 0. The average Bonchev–Trinajstić information content (AvgIpc) is 2.74. The summed E-state index contributed by atoms with van der Waals surface area (Å²) in [4.78, 5) is 19.3. The minimum Gasteiger partial charge on any atom is -0.395 e. The van der Waals surface area contributed by atoms with Crippen LogP contribution in [0.1, 0.15) is 32.1 Å². The molecule has 0 aliphatic heterocycles. The van der Waals surface area contributed by atoms with Gasteiger partial charge in [0.25, 0.3) is 0 Å². The lowest BCUT2D eigenvalue weighted by Gasteiger charge is -2.27. The lowest BCUT2D eigenvalue weighted by Crippen LogP contribution is -2.36. The van der Waals surface area contributed by atoms with Crippen molar-refractivity contribution in [1.29, 1.82) is 0 Å². The Hall–Kier alpha value is 0.0300. The number of phosphoric acid groups is 1. The van der Waals surface area contributed by atoms with Gasteiger partial charge in [0.2, 0.25) is 0 Å². The SMILES string of the molecule is O=P(O)(O)OCCCN(CCO)C1CCCC1. The van der Waals surface area contributed by atoms with E-state index >= 15 is 0 Å². The Morgan fingerprint density at radius 1 is 1.24 bits per heavy atom. The molecule has 1 aliphatic rings. The maximum atomic E-state index is 10.5. The minimum absolute atomic E-state index is 0.0545. The summed E-state index contributed by atoms with van der Waals surface area (Å²) < 4.78 is 14.9. The van der Waals surface area contributed by atoms with Gasteiger partial charge in [-0.25, -0.2) is 4.57 Å². The number of phosphoric ester groups is 1. The van der Waals surface area contributed by atoms with Gasteiger partial charge in [-0.1, -0.05) is 12.8 Å². The molecule has 0 aromatic rings. The molecule has 1 aliphatic carbocycles. The van der Waals surface area contributed by atoms with Crippen molar-refractivity contribution in [2.45, 2.75) is 38.1 Å².